The first-order valence-corrected chi connectivity index (χ1v) is 7.15. The van der Waals surface area contributed by atoms with Gasteiger partial charge in [-0.05, 0) is 31.6 Å². The molecule has 5 nitrogen and oxygen atoms in total. The lowest BCUT2D eigenvalue weighted by Crippen LogP contribution is -2.34. The van der Waals surface area contributed by atoms with Crippen LogP contribution in [0.3, 0.4) is 0 Å². The molecule has 2 fully saturated rings. The van der Waals surface area contributed by atoms with E-state index in [-0.39, 0.29) is 5.41 Å². The Balaban J connectivity index is 1.48. The summed E-state index contributed by atoms with van der Waals surface area (Å²) in [5, 5.41) is 3.91. The Labute approximate surface area is 113 Å². The Morgan fingerprint density at radius 2 is 2.32 bits per heavy atom. The van der Waals surface area contributed by atoms with Crippen LogP contribution in [0.25, 0.3) is 0 Å². The SMILES string of the molecule is Cc1nc(CCC2CCN(C(=O)C3(C)CC3)C2)no1. The van der Waals surface area contributed by atoms with E-state index in [0.29, 0.717) is 17.7 Å². The van der Waals surface area contributed by atoms with E-state index in [2.05, 4.69) is 22.0 Å². The minimum absolute atomic E-state index is 0.0281. The lowest BCUT2D eigenvalue weighted by Gasteiger charge is -2.20. The first kappa shape index (κ1) is 12.6. The molecular weight excluding hydrogens is 242 g/mol. The number of amides is 1. The molecule has 5 heteroatoms. The molecule has 1 unspecified atom stereocenters. The van der Waals surface area contributed by atoms with Crippen LogP contribution in [0.15, 0.2) is 4.52 Å². The molecule has 1 aliphatic heterocycles. The predicted octanol–water partition coefficient (Wildman–Crippen LogP) is 1.96. The second kappa shape index (κ2) is 4.62. The molecule has 2 aliphatic rings. The summed E-state index contributed by atoms with van der Waals surface area (Å²) in [7, 11) is 0. The van der Waals surface area contributed by atoms with E-state index in [1.807, 2.05) is 6.92 Å². The quantitative estimate of drug-likeness (QED) is 0.833. The topological polar surface area (TPSA) is 59.2 Å². The van der Waals surface area contributed by atoms with Crippen LogP contribution in [0.4, 0.5) is 0 Å². The molecule has 0 aromatic carbocycles. The average molecular weight is 263 g/mol. The van der Waals surface area contributed by atoms with Gasteiger partial charge in [-0.1, -0.05) is 12.1 Å². The van der Waals surface area contributed by atoms with Gasteiger partial charge in [-0.3, -0.25) is 4.79 Å². The molecule has 0 radical (unpaired) electrons. The highest BCUT2D eigenvalue weighted by atomic mass is 16.5. The van der Waals surface area contributed by atoms with Crippen LogP contribution in [0.5, 0.6) is 0 Å². The fourth-order valence-corrected chi connectivity index (χ4v) is 2.81. The van der Waals surface area contributed by atoms with Crippen molar-refractivity contribution >= 4 is 5.91 Å². The third kappa shape index (κ3) is 2.65. The molecule has 1 aromatic rings. The zero-order chi connectivity index (χ0) is 13.5. The van der Waals surface area contributed by atoms with Gasteiger partial charge in [-0.2, -0.15) is 4.98 Å². The highest BCUT2D eigenvalue weighted by molar-refractivity contribution is 5.85. The van der Waals surface area contributed by atoms with Gasteiger partial charge in [-0.25, -0.2) is 0 Å². The molecular formula is C14H21N3O2. The maximum absolute atomic E-state index is 12.2. The normalized spacial score (nSPS) is 24.7. The van der Waals surface area contributed by atoms with Crippen molar-refractivity contribution in [1.82, 2.24) is 15.0 Å². The third-order valence-electron chi connectivity index (χ3n) is 4.44. The van der Waals surface area contributed by atoms with Gasteiger partial charge in [0, 0.05) is 31.8 Å². The first-order valence-electron chi connectivity index (χ1n) is 7.15. The smallest absolute Gasteiger partial charge is 0.228 e. The second-order valence-electron chi connectivity index (χ2n) is 6.23. The van der Waals surface area contributed by atoms with Crippen molar-refractivity contribution in [3.05, 3.63) is 11.7 Å². The van der Waals surface area contributed by atoms with Crippen molar-refractivity contribution < 1.29 is 9.32 Å². The molecule has 3 rings (SSSR count). The van der Waals surface area contributed by atoms with Crippen LogP contribution in [0, 0.1) is 18.3 Å². The number of aryl methyl sites for hydroxylation is 2. The van der Waals surface area contributed by atoms with Crippen LogP contribution in [0.2, 0.25) is 0 Å². The molecule has 1 aliphatic carbocycles. The van der Waals surface area contributed by atoms with E-state index in [1.54, 1.807) is 0 Å². The summed E-state index contributed by atoms with van der Waals surface area (Å²) in [6.45, 7) is 5.73. The van der Waals surface area contributed by atoms with E-state index in [0.717, 1.165) is 51.0 Å². The molecule has 0 bridgehead atoms. The molecule has 1 saturated heterocycles. The predicted molar refractivity (Wildman–Crippen MR) is 69.4 cm³/mol. The van der Waals surface area contributed by atoms with Gasteiger partial charge in [-0.15, -0.1) is 0 Å². The molecule has 1 saturated carbocycles. The Bertz CT molecular complexity index is 479. The highest BCUT2D eigenvalue weighted by Gasteiger charge is 2.48. The lowest BCUT2D eigenvalue weighted by molar-refractivity contribution is -0.135. The second-order valence-corrected chi connectivity index (χ2v) is 6.23. The van der Waals surface area contributed by atoms with Gasteiger partial charge >= 0.3 is 0 Å². The highest BCUT2D eigenvalue weighted by Crippen LogP contribution is 2.47. The minimum Gasteiger partial charge on any atom is -0.342 e. The molecule has 1 atom stereocenters. The van der Waals surface area contributed by atoms with Crippen LogP contribution < -0.4 is 0 Å². The summed E-state index contributed by atoms with van der Waals surface area (Å²) in [4.78, 5) is 18.5. The molecule has 19 heavy (non-hydrogen) atoms. The number of hydrogen-bond donors (Lipinski definition) is 0. The minimum atomic E-state index is -0.0281. The van der Waals surface area contributed by atoms with Gasteiger partial charge in [0.25, 0.3) is 0 Å². The fraction of sp³-hybridized carbons (Fsp3) is 0.786. The number of likely N-dealkylation sites (tertiary alicyclic amines) is 1. The lowest BCUT2D eigenvalue weighted by atomic mass is 10.0. The summed E-state index contributed by atoms with van der Waals surface area (Å²) < 4.78 is 4.97. The number of hydrogen-bond acceptors (Lipinski definition) is 4. The van der Waals surface area contributed by atoms with Crippen molar-refractivity contribution in [3.8, 4) is 0 Å². The molecule has 1 amide bonds. The summed E-state index contributed by atoms with van der Waals surface area (Å²) >= 11 is 0. The summed E-state index contributed by atoms with van der Waals surface area (Å²) in [6.07, 6.45) is 5.13. The van der Waals surface area contributed by atoms with E-state index in [1.165, 1.54) is 0 Å². The maximum Gasteiger partial charge on any atom is 0.228 e. The van der Waals surface area contributed by atoms with E-state index >= 15 is 0 Å². The molecule has 2 heterocycles. The van der Waals surface area contributed by atoms with Crippen LogP contribution in [-0.4, -0.2) is 34.0 Å². The average Bonchev–Trinajstić information content (AvgIpc) is 2.81. The van der Waals surface area contributed by atoms with Crippen molar-refractivity contribution in [2.45, 2.75) is 46.0 Å². The van der Waals surface area contributed by atoms with E-state index in [4.69, 9.17) is 4.52 Å². The van der Waals surface area contributed by atoms with Crippen LogP contribution in [0.1, 0.15) is 44.3 Å². The fourth-order valence-electron chi connectivity index (χ4n) is 2.81. The Morgan fingerprint density at radius 1 is 1.53 bits per heavy atom. The van der Waals surface area contributed by atoms with Gasteiger partial charge < -0.3 is 9.42 Å². The summed E-state index contributed by atoms with van der Waals surface area (Å²) in [5.74, 6) is 2.37. The van der Waals surface area contributed by atoms with Gasteiger partial charge in [0.15, 0.2) is 5.82 Å². The zero-order valence-corrected chi connectivity index (χ0v) is 11.7. The molecule has 104 valence electrons. The van der Waals surface area contributed by atoms with E-state index < -0.39 is 0 Å². The van der Waals surface area contributed by atoms with Gasteiger partial charge in [0.2, 0.25) is 11.8 Å². The zero-order valence-electron chi connectivity index (χ0n) is 11.7. The maximum atomic E-state index is 12.2. The standard InChI is InChI=1S/C14H21N3O2/c1-10-15-12(16-19-10)4-3-11-5-8-17(9-11)13(18)14(2)6-7-14/h11H,3-9H2,1-2H3. The van der Waals surface area contributed by atoms with E-state index in [9.17, 15) is 4.79 Å². The number of carbonyl (C=O) groups is 1. The Morgan fingerprint density at radius 3 is 2.95 bits per heavy atom. The van der Waals surface area contributed by atoms with Crippen molar-refractivity contribution in [3.63, 3.8) is 0 Å². The van der Waals surface area contributed by atoms with Crippen molar-refractivity contribution in [2.24, 2.45) is 11.3 Å². The number of rotatable bonds is 4. The Kier molecular flexibility index (Phi) is 3.07. The summed E-state index contributed by atoms with van der Waals surface area (Å²) in [6, 6.07) is 0. The monoisotopic (exact) mass is 263 g/mol. The van der Waals surface area contributed by atoms with Gasteiger partial charge in [0.05, 0.1) is 0 Å². The van der Waals surface area contributed by atoms with Gasteiger partial charge in [0.1, 0.15) is 0 Å². The first-order chi connectivity index (χ1) is 9.07. The molecule has 0 spiro atoms. The Hall–Kier alpha value is -1.39. The number of aromatic nitrogens is 2. The largest absolute Gasteiger partial charge is 0.342 e. The number of nitrogens with zero attached hydrogens (tertiary/aromatic N) is 3. The molecule has 0 N–H and O–H groups in total. The third-order valence-corrected chi connectivity index (χ3v) is 4.44. The van der Waals surface area contributed by atoms with Crippen molar-refractivity contribution in [2.75, 3.05) is 13.1 Å². The van der Waals surface area contributed by atoms with Crippen LogP contribution in [-0.2, 0) is 11.2 Å². The van der Waals surface area contributed by atoms with Crippen LogP contribution >= 0.6 is 0 Å². The number of carbonyl (C=O) groups excluding carboxylic acids is 1. The van der Waals surface area contributed by atoms with Crippen molar-refractivity contribution in [1.29, 1.82) is 0 Å². The summed E-state index contributed by atoms with van der Waals surface area (Å²) in [5.41, 5.74) is -0.0281. The molecule has 1 aromatic heterocycles.